The standard InChI is InChI=1S/C27H24F2N4O3/c28-27(29)36-21-8-4-7-19(14-21)15-33-20(13-18-5-2-1-3-6-18)16-32(17-25(33)34)26(35)24-10-9-22-23(31-24)11-12-30-22/h1-12,14,20,27,30H,13,15-17H2/t20-/m0/s1. The van der Waals surface area contributed by atoms with E-state index in [1.54, 1.807) is 41.4 Å². The Morgan fingerprint density at radius 1 is 1.06 bits per heavy atom. The van der Waals surface area contributed by atoms with Crippen LogP contribution in [0.15, 0.2) is 79.0 Å². The summed E-state index contributed by atoms with van der Waals surface area (Å²) >= 11 is 0. The molecular formula is C27H24F2N4O3. The van der Waals surface area contributed by atoms with Gasteiger partial charge in [-0.3, -0.25) is 9.59 Å². The van der Waals surface area contributed by atoms with Gasteiger partial charge in [0.2, 0.25) is 5.91 Å². The first-order valence-electron chi connectivity index (χ1n) is 11.6. The second kappa shape index (κ2) is 10.2. The highest BCUT2D eigenvalue weighted by Gasteiger charge is 2.35. The van der Waals surface area contributed by atoms with Crippen molar-refractivity contribution in [2.24, 2.45) is 0 Å². The van der Waals surface area contributed by atoms with Crippen LogP contribution in [0.4, 0.5) is 8.78 Å². The molecule has 9 heteroatoms. The van der Waals surface area contributed by atoms with Gasteiger partial charge in [0, 0.05) is 19.3 Å². The van der Waals surface area contributed by atoms with Crippen LogP contribution in [-0.4, -0.2) is 57.3 Å². The molecule has 2 aromatic carbocycles. The molecule has 0 saturated carbocycles. The minimum absolute atomic E-state index is 0.0367. The van der Waals surface area contributed by atoms with E-state index in [4.69, 9.17) is 0 Å². The third-order valence-electron chi connectivity index (χ3n) is 6.22. The maximum absolute atomic E-state index is 13.3. The van der Waals surface area contributed by atoms with Gasteiger partial charge in [-0.25, -0.2) is 4.98 Å². The Morgan fingerprint density at radius 2 is 1.86 bits per heavy atom. The average molecular weight is 491 g/mol. The molecule has 4 aromatic rings. The van der Waals surface area contributed by atoms with Gasteiger partial charge in [0.05, 0.1) is 17.1 Å². The number of hydrogen-bond donors (Lipinski definition) is 1. The lowest BCUT2D eigenvalue weighted by Gasteiger charge is -2.41. The maximum atomic E-state index is 13.3. The van der Waals surface area contributed by atoms with Crippen molar-refractivity contribution in [1.82, 2.24) is 19.8 Å². The predicted molar refractivity (Wildman–Crippen MR) is 130 cm³/mol. The van der Waals surface area contributed by atoms with Crippen molar-refractivity contribution >= 4 is 22.8 Å². The molecule has 0 spiro atoms. The first kappa shape index (κ1) is 23.5. The van der Waals surface area contributed by atoms with Gasteiger partial charge in [0.1, 0.15) is 18.0 Å². The molecule has 2 aromatic heterocycles. The number of ether oxygens (including phenoxy) is 1. The molecule has 1 aliphatic heterocycles. The van der Waals surface area contributed by atoms with Gasteiger partial charge >= 0.3 is 6.61 Å². The van der Waals surface area contributed by atoms with Crippen LogP contribution in [0.1, 0.15) is 21.6 Å². The van der Waals surface area contributed by atoms with Gasteiger partial charge in [0.25, 0.3) is 5.91 Å². The molecule has 0 aliphatic carbocycles. The molecule has 1 atom stereocenters. The van der Waals surface area contributed by atoms with Gasteiger partial charge in [-0.1, -0.05) is 42.5 Å². The third kappa shape index (κ3) is 5.19. The molecule has 2 amide bonds. The number of aromatic amines is 1. The predicted octanol–water partition coefficient (Wildman–Crippen LogP) is 4.26. The second-order valence-electron chi connectivity index (χ2n) is 8.68. The number of pyridine rings is 1. The number of H-pyrrole nitrogens is 1. The molecule has 0 bridgehead atoms. The summed E-state index contributed by atoms with van der Waals surface area (Å²) in [6, 6.07) is 21.0. The lowest BCUT2D eigenvalue weighted by atomic mass is 10.0. The molecule has 1 saturated heterocycles. The number of rotatable bonds is 7. The summed E-state index contributed by atoms with van der Waals surface area (Å²) in [5.41, 5.74) is 3.47. The summed E-state index contributed by atoms with van der Waals surface area (Å²) in [5.74, 6) is -0.496. The van der Waals surface area contributed by atoms with Gasteiger partial charge in [-0.15, -0.1) is 0 Å². The molecule has 36 heavy (non-hydrogen) atoms. The Kier molecular flexibility index (Phi) is 6.62. The highest BCUT2D eigenvalue weighted by molar-refractivity contribution is 5.97. The number of halogens is 2. The van der Waals surface area contributed by atoms with Crippen molar-refractivity contribution in [3.63, 3.8) is 0 Å². The molecule has 184 valence electrons. The first-order chi connectivity index (χ1) is 17.5. The molecule has 0 radical (unpaired) electrons. The number of amides is 2. The minimum Gasteiger partial charge on any atom is -0.435 e. The summed E-state index contributed by atoms with van der Waals surface area (Å²) in [5, 5.41) is 0. The Bertz CT molecular complexity index is 1380. The van der Waals surface area contributed by atoms with Crippen molar-refractivity contribution in [2.75, 3.05) is 13.1 Å². The number of fused-ring (bicyclic) bond motifs is 1. The van der Waals surface area contributed by atoms with E-state index in [1.807, 2.05) is 30.3 Å². The van der Waals surface area contributed by atoms with E-state index in [2.05, 4.69) is 14.7 Å². The zero-order valence-electron chi connectivity index (χ0n) is 19.3. The number of alkyl halides is 2. The molecule has 5 rings (SSSR count). The summed E-state index contributed by atoms with van der Waals surface area (Å²) in [6.45, 7) is -2.49. The lowest BCUT2D eigenvalue weighted by molar-refractivity contribution is -0.139. The average Bonchev–Trinajstić information content (AvgIpc) is 3.34. The lowest BCUT2D eigenvalue weighted by Crippen LogP contribution is -2.58. The highest BCUT2D eigenvalue weighted by atomic mass is 19.3. The van der Waals surface area contributed by atoms with Crippen LogP contribution in [0.25, 0.3) is 11.0 Å². The fourth-order valence-electron chi connectivity index (χ4n) is 4.54. The second-order valence-corrected chi connectivity index (χ2v) is 8.68. The summed E-state index contributed by atoms with van der Waals surface area (Å²) in [4.78, 5) is 37.4. The van der Waals surface area contributed by atoms with E-state index in [0.717, 1.165) is 11.1 Å². The van der Waals surface area contributed by atoms with Crippen molar-refractivity contribution in [3.05, 3.63) is 95.8 Å². The van der Waals surface area contributed by atoms with Crippen LogP contribution in [0.2, 0.25) is 0 Å². The number of carbonyl (C=O) groups is 2. The summed E-state index contributed by atoms with van der Waals surface area (Å²) in [7, 11) is 0. The number of piperazine rings is 1. The quantitative estimate of drug-likeness (QED) is 0.420. The molecule has 1 aliphatic rings. The van der Waals surface area contributed by atoms with Gasteiger partial charge in [-0.05, 0) is 47.9 Å². The van der Waals surface area contributed by atoms with Crippen LogP contribution in [0, 0.1) is 0 Å². The van der Waals surface area contributed by atoms with Gasteiger partial charge < -0.3 is 19.5 Å². The summed E-state index contributed by atoms with van der Waals surface area (Å²) < 4.78 is 29.9. The number of nitrogens with one attached hydrogen (secondary N) is 1. The fourth-order valence-corrected chi connectivity index (χ4v) is 4.54. The number of nitrogens with zero attached hydrogens (tertiary/aromatic N) is 3. The van der Waals surface area contributed by atoms with Crippen LogP contribution in [0.3, 0.4) is 0 Å². The molecule has 1 fully saturated rings. The monoisotopic (exact) mass is 490 g/mol. The van der Waals surface area contributed by atoms with Gasteiger partial charge in [-0.2, -0.15) is 8.78 Å². The zero-order valence-corrected chi connectivity index (χ0v) is 19.3. The van der Waals surface area contributed by atoms with E-state index >= 15 is 0 Å². The van der Waals surface area contributed by atoms with Crippen molar-refractivity contribution in [2.45, 2.75) is 25.6 Å². The van der Waals surface area contributed by atoms with E-state index in [-0.39, 0.29) is 42.4 Å². The van der Waals surface area contributed by atoms with Crippen LogP contribution in [0.5, 0.6) is 5.75 Å². The molecule has 0 unspecified atom stereocenters. The maximum Gasteiger partial charge on any atom is 0.387 e. The van der Waals surface area contributed by atoms with Crippen LogP contribution in [-0.2, 0) is 17.8 Å². The number of aromatic nitrogens is 2. The van der Waals surface area contributed by atoms with Crippen molar-refractivity contribution in [1.29, 1.82) is 0 Å². The zero-order chi connectivity index (χ0) is 25.1. The Balaban J connectivity index is 1.39. The normalized spacial score (nSPS) is 16.1. The van der Waals surface area contributed by atoms with Gasteiger partial charge in [0.15, 0.2) is 0 Å². The first-order valence-corrected chi connectivity index (χ1v) is 11.6. The fraction of sp³-hybridized carbons (Fsp3) is 0.222. The molecule has 3 heterocycles. The summed E-state index contributed by atoms with van der Waals surface area (Å²) in [6.07, 6.45) is 2.29. The van der Waals surface area contributed by atoms with Crippen LogP contribution >= 0.6 is 0 Å². The van der Waals surface area contributed by atoms with E-state index in [1.165, 1.54) is 17.0 Å². The Morgan fingerprint density at radius 3 is 2.67 bits per heavy atom. The van der Waals surface area contributed by atoms with Crippen molar-refractivity contribution in [3.8, 4) is 5.75 Å². The highest BCUT2D eigenvalue weighted by Crippen LogP contribution is 2.23. The number of hydrogen-bond acceptors (Lipinski definition) is 4. The Hall–Kier alpha value is -4.27. The third-order valence-corrected chi connectivity index (χ3v) is 6.22. The number of benzene rings is 2. The molecule has 1 N–H and O–H groups in total. The number of carbonyl (C=O) groups excluding carboxylic acids is 2. The Labute approximate surface area is 206 Å². The minimum atomic E-state index is -2.93. The smallest absolute Gasteiger partial charge is 0.387 e. The van der Waals surface area contributed by atoms with E-state index in [0.29, 0.717) is 24.0 Å². The van der Waals surface area contributed by atoms with E-state index in [9.17, 15) is 18.4 Å². The topological polar surface area (TPSA) is 78.5 Å². The van der Waals surface area contributed by atoms with E-state index < -0.39 is 6.61 Å². The van der Waals surface area contributed by atoms with Crippen molar-refractivity contribution < 1.29 is 23.1 Å². The molecular weight excluding hydrogens is 466 g/mol. The largest absolute Gasteiger partial charge is 0.435 e. The SMILES string of the molecule is O=C(c1ccc2[nH]ccc2n1)N1CC(=O)N(Cc2cccc(OC(F)F)c2)[C@@H](Cc2ccccc2)C1. The molecule has 7 nitrogen and oxygen atoms in total. The van der Waals surface area contributed by atoms with Crippen LogP contribution < -0.4 is 4.74 Å².